The third kappa shape index (κ3) is 3.98. The standard InChI is InChI=1S/C22H25N7O2/c1-5-28(6-2)19-8-7-15(12-23-19)20-25-18-11-16(22(30)31-4)13-24-21(18)29(20)14-17-9-10-27(3)26-17/h7-13H,5-6,14H2,1-4H3. The monoisotopic (exact) mass is 419 g/mol. The number of fused-ring (bicyclic) bond motifs is 1. The van der Waals surface area contributed by atoms with Crippen LogP contribution in [0.25, 0.3) is 22.6 Å². The van der Waals surface area contributed by atoms with Gasteiger partial charge in [-0.1, -0.05) is 0 Å². The molecule has 0 radical (unpaired) electrons. The molecule has 0 bridgehead atoms. The maximum atomic E-state index is 11.9. The Morgan fingerprint density at radius 3 is 2.55 bits per heavy atom. The fourth-order valence-electron chi connectivity index (χ4n) is 3.57. The molecular formula is C22H25N7O2. The molecule has 0 aliphatic carbocycles. The normalized spacial score (nSPS) is 11.1. The predicted molar refractivity (Wildman–Crippen MR) is 118 cm³/mol. The van der Waals surface area contributed by atoms with Gasteiger partial charge in [-0.05, 0) is 38.1 Å². The van der Waals surface area contributed by atoms with Crippen molar-refractivity contribution in [1.82, 2.24) is 29.3 Å². The van der Waals surface area contributed by atoms with Crippen LogP contribution in [0.5, 0.6) is 0 Å². The summed E-state index contributed by atoms with van der Waals surface area (Å²) in [7, 11) is 3.23. The number of pyridine rings is 2. The molecule has 0 amide bonds. The number of rotatable bonds is 7. The SMILES string of the molecule is CCN(CC)c1ccc(-c2nc3cc(C(=O)OC)cnc3n2Cc2ccn(C)n2)cn1. The molecule has 0 aliphatic rings. The maximum absolute atomic E-state index is 11.9. The van der Waals surface area contributed by atoms with Crippen LogP contribution in [-0.4, -0.2) is 55.5 Å². The molecule has 0 saturated heterocycles. The predicted octanol–water partition coefficient (Wildman–Crippen LogP) is 2.91. The average Bonchev–Trinajstić information content (AvgIpc) is 3.37. The minimum atomic E-state index is -0.444. The van der Waals surface area contributed by atoms with E-state index in [-0.39, 0.29) is 0 Å². The van der Waals surface area contributed by atoms with Gasteiger partial charge in [-0.25, -0.2) is 19.7 Å². The minimum absolute atomic E-state index is 0.360. The van der Waals surface area contributed by atoms with Gasteiger partial charge in [0.25, 0.3) is 0 Å². The van der Waals surface area contributed by atoms with Gasteiger partial charge in [-0.3, -0.25) is 4.68 Å². The zero-order valence-electron chi connectivity index (χ0n) is 18.1. The number of imidazole rings is 1. The van der Waals surface area contributed by atoms with Crippen molar-refractivity contribution in [3.63, 3.8) is 0 Å². The van der Waals surface area contributed by atoms with Crippen LogP contribution < -0.4 is 4.90 Å². The average molecular weight is 419 g/mol. The second kappa shape index (κ2) is 8.55. The number of carbonyl (C=O) groups excluding carboxylic acids is 1. The van der Waals surface area contributed by atoms with Crippen molar-refractivity contribution in [1.29, 1.82) is 0 Å². The van der Waals surface area contributed by atoms with Crippen molar-refractivity contribution in [3.05, 3.63) is 54.1 Å². The third-order valence-corrected chi connectivity index (χ3v) is 5.19. The summed E-state index contributed by atoms with van der Waals surface area (Å²) in [6.07, 6.45) is 5.23. The molecule has 9 heteroatoms. The Morgan fingerprint density at radius 2 is 1.94 bits per heavy atom. The van der Waals surface area contributed by atoms with E-state index in [1.807, 2.05) is 42.2 Å². The van der Waals surface area contributed by atoms with Gasteiger partial charge in [0.1, 0.15) is 17.2 Å². The lowest BCUT2D eigenvalue weighted by atomic mass is 10.2. The molecule has 0 spiro atoms. The third-order valence-electron chi connectivity index (χ3n) is 5.19. The Bertz CT molecular complexity index is 1210. The topological polar surface area (TPSA) is 91.0 Å². The van der Waals surface area contributed by atoms with Gasteiger partial charge in [-0.2, -0.15) is 5.10 Å². The summed E-state index contributed by atoms with van der Waals surface area (Å²) in [6, 6.07) is 7.67. The lowest BCUT2D eigenvalue weighted by Gasteiger charge is -2.19. The summed E-state index contributed by atoms with van der Waals surface area (Å²) in [6.45, 7) is 6.49. The van der Waals surface area contributed by atoms with Crippen molar-refractivity contribution in [2.75, 3.05) is 25.1 Å². The summed E-state index contributed by atoms with van der Waals surface area (Å²) >= 11 is 0. The van der Waals surface area contributed by atoms with Crippen LogP contribution in [0.1, 0.15) is 29.9 Å². The maximum Gasteiger partial charge on any atom is 0.339 e. The van der Waals surface area contributed by atoms with E-state index in [0.717, 1.165) is 30.2 Å². The number of carbonyl (C=O) groups is 1. The highest BCUT2D eigenvalue weighted by Crippen LogP contribution is 2.26. The molecule has 0 atom stereocenters. The van der Waals surface area contributed by atoms with Gasteiger partial charge < -0.3 is 14.2 Å². The number of aromatic nitrogens is 6. The molecule has 0 aromatic carbocycles. The largest absolute Gasteiger partial charge is 0.465 e. The van der Waals surface area contributed by atoms with Crippen LogP contribution in [0.4, 0.5) is 5.82 Å². The molecule has 4 rings (SSSR count). The molecule has 0 N–H and O–H groups in total. The molecule has 0 unspecified atom stereocenters. The quantitative estimate of drug-likeness (QED) is 0.425. The van der Waals surface area contributed by atoms with Gasteiger partial charge in [0.15, 0.2) is 5.65 Å². The van der Waals surface area contributed by atoms with Crippen LogP contribution in [0.15, 0.2) is 42.9 Å². The van der Waals surface area contributed by atoms with Gasteiger partial charge in [0.05, 0.1) is 24.9 Å². The van der Waals surface area contributed by atoms with E-state index in [1.165, 1.54) is 13.3 Å². The molecule has 31 heavy (non-hydrogen) atoms. The zero-order chi connectivity index (χ0) is 22.0. The van der Waals surface area contributed by atoms with Crippen molar-refractivity contribution in [2.24, 2.45) is 7.05 Å². The highest BCUT2D eigenvalue weighted by Gasteiger charge is 2.18. The number of hydrogen-bond acceptors (Lipinski definition) is 7. The molecule has 0 aliphatic heterocycles. The molecule has 4 heterocycles. The molecule has 0 fully saturated rings. The molecular weight excluding hydrogens is 394 g/mol. The second-order valence-corrected chi connectivity index (χ2v) is 7.14. The number of hydrogen-bond donors (Lipinski definition) is 0. The summed E-state index contributed by atoms with van der Waals surface area (Å²) in [4.78, 5) is 28.1. The van der Waals surface area contributed by atoms with Crippen molar-refractivity contribution in [2.45, 2.75) is 20.4 Å². The van der Waals surface area contributed by atoms with Crippen LogP contribution in [0.3, 0.4) is 0 Å². The van der Waals surface area contributed by atoms with Gasteiger partial charge in [0, 0.05) is 44.3 Å². The summed E-state index contributed by atoms with van der Waals surface area (Å²) in [5, 5.41) is 4.49. The second-order valence-electron chi connectivity index (χ2n) is 7.14. The fourth-order valence-corrected chi connectivity index (χ4v) is 3.57. The van der Waals surface area contributed by atoms with E-state index in [2.05, 4.69) is 33.8 Å². The van der Waals surface area contributed by atoms with Crippen molar-refractivity contribution in [3.8, 4) is 11.4 Å². The Kier molecular flexibility index (Phi) is 5.66. The number of esters is 1. The first-order chi connectivity index (χ1) is 15.0. The Morgan fingerprint density at radius 1 is 1.13 bits per heavy atom. The van der Waals surface area contributed by atoms with E-state index < -0.39 is 5.97 Å². The molecule has 4 aromatic rings. The first-order valence-corrected chi connectivity index (χ1v) is 10.2. The summed E-state index contributed by atoms with van der Waals surface area (Å²) < 4.78 is 8.58. The van der Waals surface area contributed by atoms with Crippen LogP contribution in [-0.2, 0) is 18.3 Å². The fraction of sp³-hybridized carbons (Fsp3) is 0.318. The van der Waals surface area contributed by atoms with Crippen LogP contribution in [0, 0.1) is 0 Å². The molecule has 4 aromatic heterocycles. The highest BCUT2D eigenvalue weighted by atomic mass is 16.5. The summed E-state index contributed by atoms with van der Waals surface area (Å²) in [5.74, 6) is 1.20. The highest BCUT2D eigenvalue weighted by molar-refractivity contribution is 5.92. The molecule has 160 valence electrons. The number of aryl methyl sites for hydroxylation is 1. The lowest BCUT2D eigenvalue weighted by molar-refractivity contribution is 0.0600. The number of ether oxygens (including phenoxy) is 1. The van der Waals surface area contributed by atoms with Gasteiger partial charge >= 0.3 is 5.97 Å². The first kappa shape index (κ1) is 20.5. The van der Waals surface area contributed by atoms with E-state index in [0.29, 0.717) is 29.1 Å². The zero-order valence-corrected chi connectivity index (χ0v) is 18.1. The van der Waals surface area contributed by atoms with Crippen molar-refractivity contribution >= 4 is 23.0 Å². The van der Waals surface area contributed by atoms with E-state index in [4.69, 9.17) is 9.72 Å². The number of anilines is 1. The van der Waals surface area contributed by atoms with Crippen LogP contribution in [0.2, 0.25) is 0 Å². The Balaban J connectivity index is 1.82. The molecule has 9 nitrogen and oxygen atoms in total. The summed E-state index contributed by atoms with van der Waals surface area (Å²) in [5.41, 5.74) is 3.39. The smallest absolute Gasteiger partial charge is 0.339 e. The molecule has 0 saturated carbocycles. The number of nitrogens with zero attached hydrogens (tertiary/aromatic N) is 7. The van der Waals surface area contributed by atoms with Gasteiger partial charge in [-0.15, -0.1) is 0 Å². The Labute approximate surface area is 180 Å². The van der Waals surface area contributed by atoms with E-state index in [1.54, 1.807) is 10.7 Å². The van der Waals surface area contributed by atoms with E-state index >= 15 is 0 Å². The number of methoxy groups -OCH3 is 1. The lowest BCUT2D eigenvalue weighted by Crippen LogP contribution is -2.22. The first-order valence-electron chi connectivity index (χ1n) is 10.2. The minimum Gasteiger partial charge on any atom is -0.465 e. The van der Waals surface area contributed by atoms with Crippen LogP contribution >= 0.6 is 0 Å². The Hall–Kier alpha value is -3.75. The van der Waals surface area contributed by atoms with Crippen molar-refractivity contribution < 1.29 is 9.53 Å². The van der Waals surface area contributed by atoms with E-state index in [9.17, 15) is 4.79 Å². The van der Waals surface area contributed by atoms with Gasteiger partial charge in [0.2, 0.25) is 0 Å².